The number of aromatic nitrogens is 1. The third-order valence-electron chi connectivity index (χ3n) is 3.77. The molecule has 0 bridgehead atoms. The number of carbonyl (C=O) groups excluding carboxylic acids is 1. The van der Waals surface area contributed by atoms with Gasteiger partial charge < -0.3 is 11.1 Å². The minimum atomic E-state index is -0.801. The Kier molecular flexibility index (Phi) is 4.75. The number of nitrogens with zero attached hydrogens (tertiary/aromatic N) is 1. The van der Waals surface area contributed by atoms with Crippen LogP contribution in [0.2, 0.25) is 0 Å². The molecular weight excluding hydrogens is 282 g/mol. The standard InChI is InChI=1S/C16H21N3OS/c1-4-16(17,5-2)15(20)19-13-8-6-12(7-9-13)14-10-21-11(3)18-14/h6-10H,4-5,17H2,1-3H3,(H,19,20). The van der Waals surface area contributed by atoms with Crippen LogP contribution >= 0.6 is 11.3 Å². The van der Waals surface area contributed by atoms with E-state index in [1.807, 2.05) is 50.4 Å². The maximum Gasteiger partial charge on any atom is 0.244 e. The van der Waals surface area contributed by atoms with Gasteiger partial charge in [-0.1, -0.05) is 26.0 Å². The van der Waals surface area contributed by atoms with Crippen LogP contribution in [0, 0.1) is 6.92 Å². The average Bonchev–Trinajstić information content (AvgIpc) is 2.93. The largest absolute Gasteiger partial charge is 0.324 e. The molecule has 0 saturated carbocycles. The Bertz CT molecular complexity index is 615. The number of anilines is 1. The van der Waals surface area contributed by atoms with Crippen molar-refractivity contribution in [1.82, 2.24) is 4.98 Å². The summed E-state index contributed by atoms with van der Waals surface area (Å²) in [4.78, 5) is 16.7. The van der Waals surface area contributed by atoms with E-state index in [9.17, 15) is 4.79 Å². The lowest BCUT2D eigenvalue weighted by atomic mass is 9.93. The summed E-state index contributed by atoms with van der Waals surface area (Å²) >= 11 is 1.63. The van der Waals surface area contributed by atoms with Crippen molar-refractivity contribution in [3.05, 3.63) is 34.7 Å². The number of thiazole rings is 1. The summed E-state index contributed by atoms with van der Waals surface area (Å²) in [7, 11) is 0. The van der Waals surface area contributed by atoms with Crippen LogP contribution < -0.4 is 11.1 Å². The van der Waals surface area contributed by atoms with Gasteiger partial charge in [-0.15, -0.1) is 11.3 Å². The topological polar surface area (TPSA) is 68.0 Å². The number of benzene rings is 1. The molecule has 0 radical (unpaired) electrons. The molecule has 2 rings (SSSR count). The van der Waals surface area contributed by atoms with E-state index < -0.39 is 5.54 Å². The van der Waals surface area contributed by atoms with Crippen LogP contribution in [0.3, 0.4) is 0 Å². The van der Waals surface area contributed by atoms with Gasteiger partial charge in [0.25, 0.3) is 0 Å². The summed E-state index contributed by atoms with van der Waals surface area (Å²) in [6.07, 6.45) is 1.23. The number of amides is 1. The minimum Gasteiger partial charge on any atom is -0.324 e. The molecule has 2 aromatic rings. The number of rotatable bonds is 5. The fourth-order valence-electron chi connectivity index (χ4n) is 2.05. The minimum absolute atomic E-state index is 0.134. The van der Waals surface area contributed by atoms with Gasteiger partial charge in [0.1, 0.15) is 0 Å². The van der Waals surface area contributed by atoms with Gasteiger partial charge in [0.2, 0.25) is 5.91 Å². The molecule has 3 N–H and O–H groups in total. The van der Waals surface area contributed by atoms with Crippen molar-refractivity contribution in [2.75, 3.05) is 5.32 Å². The van der Waals surface area contributed by atoms with E-state index >= 15 is 0 Å². The summed E-state index contributed by atoms with van der Waals surface area (Å²) < 4.78 is 0. The lowest BCUT2D eigenvalue weighted by molar-refractivity contribution is -0.121. The van der Waals surface area contributed by atoms with Crippen molar-refractivity contribution in [1.29, 1.82) is 0 Å². The number of nitrogens with one attached hydrogen (secondary N) is 1. The van der Waals surface area contributed by atoms with Crippen LogP contribution in [-0.4, -0.2) is 16.4 Å². The molecule has 1 heterocycles. The summed E-state index contributed by atoms with van der Waals surface area (Å²) in [5.74, 6) is -0.134. The van der Waals surface area contributed by atoms with Crippen LogP contribution in [0.15, 0.2) is 29.6 Å². The van der Waals surface area contributed by atoms with E-state index in [-0.39, 0.29) is 5.91 Å². The summed E-state index contributed by atoms with van der Waals surface area (Å²) in [5, 5.41) is 5.96. The quantitative estimate of drug-likeness (QED) is 0.887. The van der Waals surface area contributed by atoms with Crippen molar-refractivity contribution >= 4 is 22.9 Å². The molecule has 0 unspecified atom stereocenters. The number of nitrogens with two attached hydrogens (primary N) is 1. The van der Waals surface area contributed by atoms with E-state index in [1.165, 1.54) is 0 Å². The molecule has 0 fully saturated rings. The van der Waals surface area contributed by atoms with E-state index in [0.717, 1.165) is 22.0 Å². The highest BCUT2D eigenvalue weighted by molar-refractivity contribution is 7.09. The second kappa shape index (κ2) is 6.37. The Morgan fingerprint density at radius 2 is 1.90 bits per heavy atom. The maximum atomic E-state index is 12.2. The predicted molar refractivity (Wildman–Crippen MR) is 88.4 cm³/mol. The summed E-state index contributed by atoms with van der Waals surface area (Å²) in [6, 6.07) is 7.68. The van der Waals surface area contributed by atoms with Crippen LogP contribution in [0.5, 0.6) is 0 Å². The Morgan fingerprint density at radius 3 is 2.38 bits per heavy atom. The lowest BCUT2D eigenvalue weighted by Gasteiger charge is -2.25. The second-order valence-electron chi connectivity index (χ2n) is 5.15. The Morgan fingerprint density at radius 1 is 1.29 bits per heavy atom. The van der Waals surface area contributed by atoms with Gasteiger partial charge in [0.05, 0.1) is 16.2 Å². The van der Waals surface area contributed by atoms with Gasteiger partial charge in [-0.3, -0.25) is 4.79 Å². The number of hydrogen-bond donors (Lipinski definition) is 2. The summed E-state index contributed by atoms with van der Waals surface area (Å²) in [5.41, 5.74) is 8.05. The third-order valence-corrected chi connectivity index (χ3v) is 4.55. The average molecular weight is 303 g/mol. The first-order chi connectivity index (χ1) is 9.98. The Labute approximate surface area is 129 Å². The first kappa shape index (κ1) is 15.7. The zero-order valence-corrected chi connectivity index (χ0v) is 13.5. The molecule has 0 spiro atoms. The van der Waals surface area contributed by atoms with E-state index in [4.69, 9.17) is 5.73 Å². The summed E-state index contributed by atoms with van der Waals surface area (Å²) in [6.45, 7) is 5.84. The van der Waals surface area contributed by atoms with E-state index in [2.05, 4.69) is 10.3 Å². The molecule has 21 heavy (non-hydrogen) atoms. The lowest BCUT2D eigenvalue weighted by Crippen LogP contribution is -2.50. The second-order valence-corrected chi connectivity index (χ2v) is 6.21. The molecule has 0 atom stereocenters. The van der Waals surface area contributed by atoms with Gasteiger partial charge in [0.15, 0.2) is 0 Å². The zero-order valence-electron chi connectivity index (χ0n) is 12.6. The highest BCUT2D eigenvalue weighted by atomic mass is 32.1. The van der Waals surface area contributed by atoms with E-state index in [0.29, 0.717) is 12.8 Å². The highest BCUT2D eigenvalue weighted by Gasteiger charge is 2.29. The Hall–Kier alpha value is -1.72. The first-order valence-corrected chi connectivity index (χ1v) is 7.99. The van der Waals surface area contributed by atoms with Crippen molar-refractivity contribution in [2.24, 2.45) is 5.73 Å². The maximum absolute atomic E-state index is 12.2. The van der Waals surface area contributed by atoms with Crippen LogP contribution in [0.25, 0.3) is 11.3 Å². The monoisotopic (exact) mass is 303 g/mol. The molecule has 0 saturated heterocycles. The van der Waals surface area contributed by atoms with Crippen LogP contribution in [0.1, 0.15) is 31.7 Å². The van der Waals surface area contributed by atoms with Crippen LogP contribution in [-0.2, 0) is 4.79 Å². The van der Waals surface area contributed by atoms with Gasteiger partial charge in [-0.05, 0) is 31.9 Å². The molecule has 1 aromatic carbocycles. The smallest absolute Gasteiger partial charge is 0.244 e. The SMILES string of the molecule is CCC(N)(CC)C(=O)Nc1ccc(-c2csc(C)n2)cc1. The highest BCUT2D eigenvalue weighted by Crippen LogP contribution is 2.23. The molecule has 1 aromatic heterocycles. The number of hydrogen-bond acceptors (Lipinski definition) is 4. The fourth-order valence-corrected chi connectivity index (χ4v) is 2.67. The molecule has 5 heteroatoms. The van der Waals surface area contributed by atoms with Crippen molar-refractivity contribution in [3.8, 4) is 11.3 Å². The van der Waals surface area contributed by atoms with Crippen LogP contribution in [0.4, 0.5) is 5.69 Å². The zero-order chi connectivity index (χ0) is 15.5. The molecule has 1 amide bonds. The van der Waals surface area contributed by atoms with Gasteiger partial charge >= 0.3 is 0 Å². The Balaban J connectivity index is 2.11. The third kappa shape index (κ3) is 3.49. The molecule has 0 aliphatic carbocycles. The normalized spacial score (nSPS) is 11.4. The predicted octanol–water partition coefficient (Wildman–Crippen LogP) is 3.57. The van der Waals surface area contributed by atoms with Crippen molar-refractivity contribution < 1.29 is 4.79 Å². The fraction of sp³-hybridized carbons (Fsp3) is 0.375. The van der Waals surface area contributed by atoms with E-state index in [1.54, 1.807) is 11.3 Å². The first-order valence-electron chi connectivity index (χ1n) is 7.11. The molecule has 0 aliphatic heterocycles. The molecule has 0 aliphatic rings. The molecule has 4 nitrogen and oxygen atoms in total. The number of aryl methyl sites for hydroxylation is 1. The number of carbonyl (C=O) groups is 1. The molecule has 112 valence electrons. The van der Waals surface area contributed by atoms with Crippen molar-refractivity contribution in [2.45, 2.75) is 39.2 Å². The van der Waals surface area contributed by atoms with Gasteiger partial charge in [-0.25, -0.2) is 4.98 Å². The van der Waals surface area contributed by atoms with Gasteiger partial charge in [0, 0.05) is 16.6 Å². The molecular formula is C16H21N3OS. The van der Waals surface area contributed by atoms with Crippen molar-refractivity contribution in [3.63, 3.8) is 0 Å². The van der Waals surface area contributed by atoms with Gasteiger partial charge in [-0.2, -0.15) is 0 Å².